The molecular formula is C37H28N4O4. The fourth-order valence-corrected chi connectivity index (χ4v) is 6.46. The summed E-state index contributed by atoms with van der Waals surface area (Å²) in [5.74, 6) is 2.34. The van der Waals surface area contributed by atoms with Crippen LogP contribution in [0.2, 0.25) is 0 Å². The van der Waals surface area contributed by atoms with Gasteiger partial charge in [0, 0.05) is 0 Å². The van der Waals surface area contributed by atoms with Crippen molar-refractivity contribution < 1.29 is 18.9 Å². The first-order chi connectivity index (χ1) is 21.9. The summed E-state index contributed by atoms with van der Waals surface area (Å²) in [7, 11) is 6.21. The van der Waals surface area contributed by atoms with Crippen molar-refractivity contribution in [3.63, 3.8) is 0 Å². The molecule has 1 fully saturated rings. The first-order valence-electron chi connectivity index (χ1n) is 13.9. The van der Waals surface area contributed by atoms with E-state index < -0.39 is 16.2 Å². The van der Waals surface area contributed by atoms with E-state index >= 15 is 0 Å². The third kappa shape index (κ3) is 4.16. The average molecular weight is 593 g/mol. The maximum absolute atomic E-state index is 11.0. The summed E-state index contributed by atoms with van der Waals surface area (Å²) in [6, 6.07) is 37.1. The van der Waals surface area contributed by atoms with Gasteiger partial charge < -0.3 is 18.9 Å². The van der Waals surface area contributed by atoms with Gasteiger partial charge in [0.2, 0.25) is 0 Å². The SMILES string of the molecule is COc1ccc(C(=C2C(C#N)(C#N)C(C#N)(C#N)C2(c2ccc(OC)cc2)c2ccc(OC)cc2)c2ccc(OC)cc2)cc1. The number of nitriles is 4. The lowest BCUT2D eigenvalue weighted by atomic mass is 9.31. The number of rotatable bonds is 8. The van der Waals surface area contributed by atoms with Crippen molar-refractivity contribution in [1.82, 2.24) is 0 Å². The molecule has 0 bridgehead atoms. The Morgan fingerprint density at radius 2 is 0.778 bits per heavy atom. The summed E-state index contributed by atoms with van der Waals surface area (Å²) in [5, 5.41) is 43.8. The molecule has 1 saturated carbocycles. The molecular weight excluding hydrogens is 564 g/mol. The topological polar surface area (TPSA) is 132 Å². The van der Waals surface area contributed by atoms with Gasteiger partial charge in [-0.2, -0.15) is 21.0 Å². The molecule has 0 spiro atoms. The number of benzene rings is 4. The lowest BCUT2D eigenvalue weighted by molar-refractivity contribution is 0.124. The molecule has 1 aliphatic rings. The van der Waals surface area contributed by atoms with E-state index in [9.17, 15) is 21.0 Å². The number of ether oxygens (including phenoxy) is 4. The highest BCUT2D eigenvalue weighted by Gasteiger charge is 2.82. The second kappa shape index (κ2) is 11.8. The molecule has 220 valence electrons. The van der Waals surface area contributed by atoms with E-state index in [0.717, 1.165) is 0 Å². The van der Waals surface area contributed by atoms with Crippen LogP contribution in [0.3, 0.4) is 0 Å². The van der Waals surface area contributed by atoms with Crippen LogP contribution < -0.4 is 18.9 Å². The first-order valence-corrected chi connectivity index (χ1v) is 13.9. The van der Waals surface area contributed by atoms with Gasteiger partial charge in [-0.3, -0.25) is 0 Å². The van der Waals surface area contributed by atoms with E-state index in [2.05, 4.69) is 24.3 Å². The average Bonchev–Trinajstić information content (AvgIpc) is 3.11. The summed E-state index contributed by atoms with van der Waals surface area (Å²) in [4.78, 5) is 0. The van der Waals surface area contributed by atoms with Crippen LogP contribution in [-0.2, 0) is 5.41 Å². The van der Waals surface area contributed by atoms with Gasteiger partial charge in [0.15, 0.2) is 10.8 Å². The number of hydrogen-bond donors (Lipinski definition) is 0. The van der Waals surface area contributed by atoms with Gasteiger partial charge in [-0.05, 0) is 81.9 Å². The van der Waals surface area contributed by atoms with Crippen molar-refractivity contribution in [2.24, 2.45) is 10.8 Å². The van der Waals surface area contributed by atoms with Gasteiger partial charge in [-0.1, -0.05) is 48.5 Å². The minimum Gasteiger partial charge on any atom is -0.497 e. The number of hydrogen-bond acceptors (Lipinski definition) is 8. The van der Waals surface area contributed by atoms with Gasteiger partial charge in [0.1, 0.15) is 23.0 Å². The van der Waals surface area contributed by atoms with Crippen LogP contribution in [0, 0.1) is 56.2 Å². The van der Waals surface area contributed by atoms with Gasteiger partial charge in [0.25, 0.3) is 0 Å². The summed E-state index contributed by atoms with van der Waals surface area (Å²) < 4.78 is 21.7. The van der Waals surface area contributed by atoms with Gasteiger partial charge in [-0.15, -0.1) is 0 Å². The minimum absolute atomic E-state index is 0.300. The lowest BCUT2D eigenvalue weighted by Crippen LogP contribution is -2.69. The van der Waals surface area contributed by atoms with E-state index in [1.54, 1.807) is 101 Å². The Labute approximate surface area is 262 Å². The Balaban J connectivity index is 2.06. The summed E-state index contributed by atoms with van der Waals surface area (Å²) in [6.07, 6.45) is 0. The maximum Gasteiger partial charge on any atom is 0.200 e. The predicted octanol–water partition coefficient (Wildman–Crippen LogP) is 6.59. The minimum atomic E-state index is -2.18. The van der Waals surface area contributed by atoms with Crippen molar-refractivity contribution in [2.45, 2.75) is 5.41 Å². The molecule has 1 aliphatic carbocycles. The second-order valence-corrected chi connectivity index (χ2v) is 10.4. The van der Waals surface area contributed by atoms with Gasteiger partial charge in [0.05, 0.1) is 58.1 Å². The zero-order valence-electron chi connectivity index (χ0n) is 25.2. The van der Waals surface area contributed by atoms with E-state index in [1.807, 2.05) is 24.3 Å². The van der Waals surface area contributed by atoms with Crippen molar-refractivity contribution in [1.29, 1.82) is 21.0 Å². The van der Waals surface area contributed by atoms with Crippen LogP contribution in [0.15, 0.2) is 103 Å². The Bertz CT molecular complexity index is 1790. The normalized spacial score (nSPS) is 15.1. The molecule has 45 heavy (non-hydrogen) atoms. The monoisotopic (exact) mass is 592 g/mol. The fourth-order valence-electron chi connectivity index (χ4n) is 6.46. The predicted molar refractivity (Wildman–Crippen MR) is 166 cm³/mol. The molecule has 8 nitrogen and oxygen atoms in total. The van der Waals surface area contributed by atoms with Gasteiger partial charge in [-0.25, -0.2) is 0 Å². The molecule has 0 aliphatic heterocycles. The number of nitrogens with zero attached hydrogens (tertiary/aromatic N) is 4. The van der Waals surface area contributed by atoms with Crippen molar-refractivity contribution in [2.75, 3.05) is 28.4 Å². The third-order valence-corrected chi connectivity index (χ3v) is 8.60. The highest BCUT2D eigenvalue weighted by Crippen LogP contribution is 2.75. The standard InChI is InChI=1S/C37H28N4O4/c1-42-29-13-5-25(6-14-29)33(26-7-15-30(43-2)16-8-26)34-35(21-38,22-39)36(23-40,24-41)37(34,27-9-17-31(44-3)18-10-27)28-11-19-32(45-4)20-12-28/h5-20H,1-4H3. The fraction of sp³-hybridized carbons (Fsp3) is 0.189. The molecule has 5 rings (SSSR count). The molecule has 0 amide bonds. The van der Waals surface area contributed by atoms with E-state index in [1.165, 1.54) is 0 Å². The highest BCUT2D eigenvalue weighted by atomic mass is 16.5. The molecule has 4 aromatic rings. The van der Waals surface area contributed by atoms with Crippen LogP contribution in [0.25, 0.3) is 5.57 Å². The van der Waals surface area contributed by atoms with Crippen LogP contribution in [0.4, 0.5) is 0 Å². The summed E-state index contributed by atoms with van der Waals surface area (Å²) in [5.41, 5.74) is -2.74. The molecule has 0 heterocycles. The molecule has 0 saturated heterocycles. The van der Waals surface area contributed by atoms with Crippen molar-refractivity contribution in [3.8, 4) is 47.3 Å². The lowest BCUT2D eigenvalue weighted by Gasteiger charge is -2.62. The Kier molecular flexibility index (Phi) is 7.94. The largest absolute Gasteiger partial charge is 0.497 e. The smallest absolute Gasteiger partial charge is 0.200 e. The van der Waals surface area contributed by atoms with Crippen LogP contribution in [-0.4, -0.2) is 28.4 Å². The zero-order chi connectivity index (χ0) is 32.2. The van der Waals surface area contributed by atoms with Crippen LogP contribution in [0.5, 0.6) is 23.0 Å². The van der Waals surface area contributed by atoms with E-state index in [-0.39, 0.29) is 0 Å². The first kappa shape index (κ1) is 30.2. The third-order valence-electron chi connectivity index (χ3n) is 8.60. The van der Waals surface area contributed by atoms with E-state index in [0.29, 0.717) is 56.4 Å². The molecule has 0 radical (unpaired) electrons. The van der Waals surface area contributed by atoms with Crippen LogP contribution in [0.1, 0.15) is 22.3 Å². The van der Waals surface area contributed by atoms with Crippen molar-refractivity contribution >= 4 is 5.57 Å². The Morgan fingerprint density at radius 1 is 0.467 bits per heavy atom. The maximum atomic E-state index is 11.0. The van der Waals surface area contributed by atoms with E-state index in [4.69, 9.17) is 18.9 Å². The van der Waals surface area contributed by atoms with Crippen LogP contribution >= 0.6 is 0 Å². The number of allylic oxidation sites excluding steroid dienone is 1. The Hall–Kier alpha value is -6.22. The molecule has 0 aromatic heterocycles. The molecule has 0 N–H and O–H groups in total. The summed E-state index contributed by atoms with van der Waals surface area (Å²) in [6.45, 7) is 0. The quantitative estimate of drug-likeness (QED) is 0.224. The highest BCUT2D eigenvalue weighted by molar-refractivity contribution is 5.92. The molecule has 0 unspecified atom stereocenters. The molecule has 0 atom stereocenters. The second-order valence-electron chi connectivity index (χ2n) is 10.4. The Morgan fingerprint density at radius 3 is 1.04 bits per heavy atom. The number of methoxy groups -OCH3 is 4. The molecule has 4 aromatic carbocycles. The zero-order valence-corrected chi connectivity index (χ0v) is 25.2. The van der Waals surface area contributed by atoms with Gasteiger partial charge >= 0.3 is 0 Å². The molecule has 8 heteroatoms. The van der Waals surface area contributed by atoms with Crippen molar-refractivity contribution in [3.05, 3.63) is 125 Å². The summed E-state index contributed by atoms with van der Waals surface area (Å²) >= 11 is 0.